The number of rotatable bonds is 12. The number of benzene rings is 2. The van der Waals surface area contributed by atoms with Gasteiger partial charge in [0.2, 0.25) is 11.7 Å². The fraction of sp³-hybridized carbons (Fsp3) is 0.389. The maximum absolute atomic E-state index is 14.1. The van der Waals surface area contributed by atoms with Crippen molar-refractivity contribution < 1.29 is 59.5 Å². The Hall–Kier alpha value is -4.66. The first-order chi connectivity index (χ1) is 23.1. The molecule has 3 aromatic rings. The number of allylic oxidation sites excluding steroid dienone is 5. The molecule has 13 heteroatoms. The Labute approximate surface area is 281 Å². The number of phenolic OH excluding ortho intramolecular Hbond substituents is 3. The van der Waals surface area contributed by atoms with Crippen LogP contribution >= 0.6 is 0 Å². The highest BCUT2D eigenvalue weighted by Gasteiger charge is 2.48. The van der Waals surface area contributed by atoms with Crippen LogP contribution in [0.3, 0.4) is 0 Å². The van der Waals surface area contributed by atoms with Gasteiger partial charge in [0.1, 0.15) is 58.0 Å². The molecule has 2 aromatic carbocycles. The van der Waals surface area contributed by atoms with Gasteiger partial charge in [-0.1, -0.05) is 34.9 Å². The number of hydrogen-bond donors (Lipinski definition) is 8. The molecule has 0 radical (unpaired) electrons. The first kappa shape index (κ1) is 37.2. The monoisotopic (exact) mass is 682 g/mol. The van der Waals surface area contributed by atoms with Gasteiger partial charge >= 0.3 is 5.97 Å². The number of aliphatic carboxylic acids is 1. The van der Waals surface area contributed by atoms with Crippen molar-refractivity contribution in [1.82, 2.24) is 0 Å². The van der Waals surface area contributed by atoms with Gasteiger partial charge in [0.25, 0.3) is 0 Å². The van der Waals surface area contributed by atoms with Crippen molar-refractivity contribution in [2.24, 2.45) is 0 Å². The zero-order chi connectivity index (χ0) is 36.2. The standard InChI is InChI=1S/C36H42O13/c1-17(2)6-5-7-18(3)8-12-23-29(41)27-26(15-25(39)21(28(27)40)11-9-19(4)16-37)48-33(23)22-13-10-20(14-24(22)38)47-36-32(44)30(42)31(43)34(49-36)35(45)46/h6,8-10,13-15,30-32,34,36-40,42-44H,5,7,11-12,16H2,1-4H3,(H,45,46). The van der Waals surface area contributed by atoms with E-state index in [1.165, 1.54) is 23.8 Å². The van der Waals surface area contributed by atoms with E-state index in [2.05, 4.69) is 6.08 Å². The fourth-order valence-corrected chi connectivity index (χ4v) is 5.37. The topological polar surface area (TPSA) is 228 Å². The largest absolute Gasteiger partial charge is 0.507 e. The van der Waals surface area contributed by atoms with Crippen molar-refractivity contribution >= 4 is 16.9 Å². The molecule has 0 spiro atoms. The minimum absolute atomic E-state index is 0.0325. The summed E-state index contributed by atoms with van der Waals surface area (Å²) in [6.45, 7) is 7.37. The second kappa shape index (κ2) is 15.7. The summed E-state index contributed by atoms with van der Waals surface area (Å²) in [7, 11) is 0. The Morgan fingerprint density at radius 3 is 2.18 bits per heavy atom. The number of phenols is 3. The van der Waals surface area contributed by atoms with Crippen LogP contribution in [-0.4, -0.2) is 84.1 Å². The lowest BCUT2D eigenvalue weighted by molar-refractivity contribution is -0.271. The third kappa shape index (κ3) is 8.32. The van der Waals surface area contributed by atoms with E-state index in [1.54, 1.807) is 13.0 Å². The highest BCUT2D eigenvalue weighted by molar-refractivity contribution is 5.89. The summed E-state index contributed by atoms with van der Waals surface area (Å²) in [5.41, 5.74) is 2.20. The number of aliphatic hydroxyl groups excluding tert-OH is 4. The van der Waals surface area contributed by atoms with E-state index < -0.39 is 53.6 Å². The van der Waals surface area contributed by atoms with Gasteiger partial charge in [-0.2, -0.15) is 0 Å². The van der Waals surface area contributed by atoms with Crippen LogP contribution < -0.4 is 10.2 Å². The molecule has 49 heavy (non-hydrogen) atoms. The molecule has 1 saturated heterocycles. The quantitative estimate of drug-likeness (QED) is 0.128. The molecule has 0 aliphatic carbocycles. The van der Waals surface area contributed by atoms with Gasteiger partial charge < -0.3 is 54.7 Å². The van der Waals surface area contributed by atoms with Gasteiger partial charge in [0.15, 0.2) is 6.10 Å². The van der Waals surface area contributed by atoms with E-state index >= 15 is 0 Å². The van der Waals surface area contributed by atoms with Gasteiger partial charge in [-0.05, 0) is 65.5 Å². The Morgan fingerprint density at radius 2 is 1.55 bits per heavy atom. The second-order valence-corrected chi connectivity index (χ2v) is 12.4. The van der Waals surface area contributed by atoms with Gasteiger partial charge in [-0.15, -0.1) is 0 Å². The zero-order valence-corrected chi connectivity index (χ0v) is 27.6. The van der Waals surface area contributed by atoms with Crippen LogP contribution in [0.25, 0.3) is 22.3 Å². The molecule has 4 rings (SSSR count). The molecule has 5 atom stereocenters. The van der Waals surface area contributed by atoms with Crippen molar-refractivity contribution in [2.75, 3.05) is 6.61 Å². The Kier molecular flexibility index (Phi) is 11.9. The number of aromatic hydroxyl groups is 3. The third-order valence-corrected chi connectivity index (χ3v) is 8.26. The predicted octanol–water partition coefficient (Wildman–Crippen LogP) is 3.56. The fourth-order valence-electron chi connectivity index (χ4n) is 5.37. The molecule has 1 aliphatic rings. The molecule has 8 N–H and O–H groups in total. The lowest BCUT2D eigenvalue weighted by Gasteiger charge is -2.38. The Morgan fingerprint density at radius 1 is 0.878 bits per heavy atom. The summed E-state index contributed by atoms with van der Waals surface area (Å²) in [6, 6.07) is 4.95. The number of ether oxygens (including phenoxy) is 2. The molecule has 0 amide bonds. The molecule has 0 bridgehead atoms. The van der Waals surface area contributed by atoms with E-state index in [1.807, 2.05) is 26.8 Å². The maximum atomic E-state index is 14.1. The van der Waals surface area contributed by atoms with Gasteiger partial charge in [0, 0.05) is 23.3 Å². The van der Waals surface area contributed by atoms with E-state index in [-0.39, 0.29) is 64.4 Å². The molecule has 5 unspecified atom stereocenters. The summed E-state index contributed by atoms with van der Waals surface area (Å²) < 4.78 is 16.8. The summed E-state index contributed by atoms with van der Waals surface area (Å²) in [5, 5.41) is 82.0. The van der Waals surface area contributed by atoms with E-state index in [9.17, 15) is 50.4 Å². The number of hydrogen-bond acceptors (Lipinski definition) is 12. The molecule has 2 heterocycles. The summed E-state index contributed by atoms with van der Waals surface area (Å²) in [5.74, 6) is -3.06. The van der Waals surface area contributed by atoms with Crippen LogP contribution in [0, 0.1) is 0 Å². The molecule has 1 aromatic heterocycles. The SMILES string of the molecule is CC(C)=CCCC(C)=CCc1c(-c2ccc(OC3OC(C(=O)O)C(O)C(O)C3O)cc2O)oc2cc(O)c(CC=C(C)CO)c(O)c2c1=O. The number of carboxylic acid groups (broad SMARTS) is 1. The molecular weight excluding hydrogens is 640 g/mol. The molecule has 0 saturated carbocycles. The van der Waals surface area contributed by atoms with Crippen LogP contribution in [0.15, 0.2) is 68.4 Å². The second-order valence-electron chi connectivity index (χ2n) is 12.4. The predicted molar refractivity (Wildman–Crippen MR) is 179 cm³/mol. The van der Waals surface area contributed by atoms with Crippen LogP contribution in [-0.2, 0) is 22.4 Å². The summed E-state index contributed by atoms with van der Waals surface area (Å²) in [4.78, 5) is 25.6. The Balaban J connectivity index is 1.80. The van der Waals surface area contributed by atoms with Crippen molar-refractivity contribution in [2.45, 2.75) is 84.1 Å². The average molecular weight is 683 g/mol. The number of carbonyl (C=O) groups is 1. The van der Waals surface area contributed by atoms with Crippen LogP contribution in [0.2, 0.25) is 0 Å². The summed E-state index contributed by atoms with van der Waals surface area (Å²) in [6.07, 6.45) is -2.12. The molecule has 1 aliphatic heterocycles. The first-order valence-electron chi connectivity index (χ1n) is 15.7. The zero-order valence-electron chi connectivity index (χ0n) is 27.6. The van der Waals surface area contributed by atoms with Crippen LogP contribution in [0.1, 0.15) is 51.7 Å². The van der Waals surface area contributed by atoms with Crippen molar-refractivity contribution in [1.29, 1.82) is 0 Å². The van der Waals surface area contributed by atoms with Crippen molar-refractivity contribution in [3.8, 4) is 34.3 Å². The normalized spacial score (nSPS) is 21.5. The first-order valence-corrected chi connectivity index (χ1v) is 15.7. The van der Waals surface area contributed by atoms with Crippen molar-refractivity contribution in [3.63, 3.8) is 0 Å². The van der Waals surface area contributed by atoms with Gasteiger partial charge in [0.05, 0.1) is 12.2 Å². The Bertz CT molecular complexity index is 1850. The number of aliphatic hydroxyl groups is 4. The van der Waals surface area contributed by atoms with Crippen LogP contribution in [0.4, 0.5) is 0 Å². The molecule has 264 valence electrons. The average Bonchev–Trinajstić information content (AvgIpc) is 3.03. The lowest BCUT2D eigenvalue weighted by Crippen LogP contribution is -2.61. The van der Waals surface area contributed by atoms with Gasteiger partial charge in [-0.3, -0.25) is 4.79 Å². The van der Waals surface area contributed by atoms with Gasteiger partial charge in [-0.25, -0.2) is 4.79 Å². The molecular formula is C36H42O13. The maximum Gasteiger partial charge on any atom is 0.335 e. The number of fused-ring (bicyclic) bond motifs is 1. The molecule has 1 fully saturated rings. The van der Waals surface area contributed by atoms with Crippen LogP contribution in [0.5, 0.6) is 23.0 Å². The number of carboxylic acids is 1. The lowest BCUT2D eigenvalue weighted by atomic mass is 9.97. The van der Waals surface area contributed by atoms with E-state index in [0.29, 0.717) is 5.57 Å². The van der Waals surface area contributed by atoms with Crippen molar-refractivity contribution in [3.05, 3.63) is 80.6 Å². The van der Waals surface area contributed by atoms with E-state index in [4.69, 9.17) is 13.9 Å². The van der Waals surface area contributed by atoms with E-state index in [0.717, 1.165) is 24.5 Å². The summed E-state index contributed by atoms with van der Waals surface area (Å²) >= 11 is 0. The highest BCUT2D eigenvalue weighted by Crippen LogP contribution is 2.40. The third-order valence-electron chi connectivity index (χ3n) is 8.26. The highest BCUT2D eigenvalue weighted by atomic mass is 16.7. The minimum Gasteiger partial charge on any atom is -0.507 e. The smallest absolute Gasteiger partial charge is 0.335 e. The molecule has 13 nitrogen and oxygen atoms in total. The minimum atomic E-state index is -1.92.